The van der Waals surface area contributed by atoms with Gasteiger partial charge in [0.1, 0.15) is 0 Å². The number of hydrogen-bond donors (Lipinski definition) is 2. The molecule has 2 nitrogen and oxygen atoms in total. The number of unbranched alkanes of at least 4 members (excludes halogenated alkanes) is 11. The molecule has 0 aliphatic rings. The van der Waals surface area contributed by atoms with Crippen LogP contribution in [0.2, 0.25) is 0 Å². The molecule has 0 rings (SSSR count). The minimum atomic E-state index is -0.465. The second-order valence-corrected chi connectivity index (χ2v) is 5.83. The highest BCUT2D eigenvalue weighted by molar-refractivity contribution is 4.88. The lowest BCUT2D eigenvalue weighted by Crippen LogP contribution is -2.03. The quantitative estimate of drug-likeness (QED) is 0.328. The number of rotatable bonds is 15. The fraction of sp³-hybridized carbons (Fsp3) is 0.889. The maximum absolute atomic E-state index is 9.38. The highest BCUT2D eigenvalue weighted by Crippen LogP contribution is 2.12. The lowest BCUT2D eigenvalue weighted by molar-refractivity contribution is 0.170. The molecule has 0 radical (unpaired) electrons. The van der Waals surface area contributed by atoms with Crippen LogP contribution in [0, 0.1) is 0 Å². The summed E-state index contributed by atoms with van der Waals surface area (Å²) in [5, 5.41) is 18.0. The van der Waals surface area contributed by atoms with E-state index in [4.69, 9.17) is 5.11 Å². The van der Waals surface area contributed by atoms with Crippen molar-refractivity contribution < 1.29 is 10.2 Å². The lowest BCUT2D eigenvalue weighted by atomic mass is 10.1. The van der Waals surface area contributed by atoms with E-state index >= 15 is 0 Å². The van der Waals surface area contributed by atoms with Gasteiger partial charge in [-0.1, -0.05) is 83.3 Å². The Morgan fingerprint density at radius 3 is 1.80 bits per heavy atom. The van der Waals surface area contributed by atoms with Crippen LogP contribution in [0.4, 0.5) is 0 Å². The van der Waals surface area contributed by atoms with E-state index in [2.05, 4.69) is 6.92 Å². The Bertz CT molecular complexity index is 202. The molecule has 0 heterocycles. The van der Waals surface area contributed by atoms with E-state index < -0.39 is 6.10 Å². The van der Waals surface area contributed by atoms with E-state index in [0.717, 1.165) is 6.42 Å². The molecule has 0 aromatic rings. The summed E-state index contributed by atoms with van der Waals surface area (Å²) in [6.07, 6.45) is 20.0. The first-order chi connectivity index (χ1) is 9.81. The molecule has 0 unspecified atom stereocenters. The van der Waals surface area contributed by atoms with Crippen LogP contribution in [0.3, 0.4) is 0 Å². The fourth-order valence-electron chi connectivity index (χ4n) is 2.41. The van der Waals surface area contributed by atoms with Crippen LogP contribution in [-0.2, 0) is 0 Å². The molecule has 0 spiro atoms. The third kappa shape index (κ3) is 15.7. The zero-order chi connectivity index (χ0) is 14.9. The van der Waals surface area contributed by atoms with Gasteiger partial charge in [-0.05, 0) is 19.3 Å². The van der Waals surface area contributed by atoms with Gasteiger partial charge in [0.15, 0.2) is 0 Å². The van der Waals surface area contributed by atoms with Gasteiger partial charge in [-0.15, -0.1) is 0 Å². The molecule has 0 amide bonds. The van der Waals surface area contributed by atoms with Gasteiger partial charge < -0.3 is 10.2 Å². The second kappa shape index (κ2) is 16.7. The molecule has 0 bridgehead atoms. The summed E-state index contributed by atoms with van der Waals surface area (Å²) < 4.78 is 0. The normalized spacial score (nSPS) is 13.2. The molecular formula is C18H36O2. The third-order valence-electron chi connectivity index (χ3n) is 3.76. The minimum Gasteiger partial charge on any atom is -0.396 e. The number of aliphatic hydroxyl groups is 2. The van der Waals surface area contributed by atoms with Gasteiger partial charge in [-0.25, -0.2) is 0 Å². The standard InChI is InChI=1S/C18H36O2/c1-2-3-4-5-6-7-8-9-10-11-12-13-14-15-18(20)16-17-19/h14-15,18-20H,2-13,16-17H2,1H3/b15-14+/t18-/m0/s1. The SMILES string of the molecule is CCCCCCCCCCCCC/C=C/[C@H](O)CCO. The smallest absolute Gasteiger partial charge is 0.0742 e. The van der Waals surface area contributed by atoms with Crippen LogP contribution in [-0.4, -0.2) is 22.9 Å². The van der Waals surface area contributed by atoms with E-state index in [-0.39, 0.29) is 6.61 Å². The Morgan fingerprint density at radius 1 is 0.800 bits per heavy atom. The van der Waals surface area contributed by atoms with Gasteiger partial charge in [0.2, 0.25) is 0 Å². The van der Waals surface area contributed by atoms with Crippen molar-refractivity contribution in [2.75, 3.05) is 6.61 Å². The molecule has 120 valence electrons. The largest absolute Gasteiger partial charge is 0.396 e. The molecule has 2 N–H and O–H groups in total. The van der Waals surface area contributed by atoms with Crippen molar-refractivity contribution in [2.24, 2.45) is 0 Å². The zero-order valence-electron chi connectivity index (χ0n) is 13.5. The molecule has 20 heavy (non-hydrogen) atoms. The van der Waals surface area contributed by atoms with Gasteiger partial charge in [0, 0.05) is 6.61 Å². The Kier molecular flexibility index (Phi) is 16.4. The molecular weight excluding hydrogens is 248 g/mol. The van der Waals surface area contributed by atoms with Gasteiger partial charge in [-0.3, -0.25) is 0 Å². The van der Waals surface area contributed by atoms with Crippen molar-refractivity contribution >= 4 is 0 Å². The molecule has 0 aliphatic heterocycles. The lowest BCUT2D eigenvalue weighted by Gasteiger charge is -2.02. The molecule has 1 atom stereocenters. The Hall–Kier alpha value is -0.340. The van der Waals surface area contributed by atoms with Crippen molar-refractivity contribution in [2.45, 2.75) is 96.5 Å². The van der Waals surface area contributed by atoms with Gasteiger partial charge in [0.05, 0.1) is 6.10 Å². The molecule has 0 saturated heterocycles. The molecule has 0 fully saturated rings. The Morgan fingerprint density at radius 2 is 1.30 bits per heavy atom. The molecule has 0 saturated carbocycles. The van der Waals surface area contributed by atoms with Crippen molar-refractivity contribution in [3.63, 3.8) is 0 Å². The molecule has 0 aliphatic carbocycles. The van der Waals surface area contributed by atoms with Crippen LogP contribution in [0.15, 0.2) is 12.2 Å². The number of allylic oxidation sites excluding steroid dienone is 1. The van der Waals surface area contributed by atoms with Crippen molar-refractivity contribution in [3.05, 3.63) is 12.2 Å². The van der Waals surface area contributed by atoms with Crippen LogP contribution in [0.1, 0.15) is 90.4 Å². The Balaban J connectivity index is 3.09. The van der Waals surface area contributed by atoms with Gasteiger partial charge >= 0.3 is 0 Å². The number of aliphatic hydroxyl groups excluding tert-OH is 2. The van der Waals surface area contributed by atoms with Gasteiger partial charge in [-0.2, -0.15) is 0 Å². The van der Waals surface area contributed by atoms with Crippen molar-refractivity contribution in [1.82, 2.24) is 0 Å². The monoisotopic (exact) mass is 284 g/mol. The highest BCUT2D eigenvalue weighted by atomic mass is 16.3. The first kappa shape index (κ1) is 19.7. The minimum absolute atomic E-state index is 0.0595. The fourth-order valence-corrected chi connectivity index (χ4v) is 2.41. The second-order valence-electron chi connectivity index (χ2n) is 5.83. The van der Waals surface area contributed by atoms with Crippen molar-refractivity contribution in [1.29, 1.82) is 0 Å². The summed E-state index contributed by atoms with van der Waals surface area (Å²) in [4.78, 5) is 0. The molecule has 0 aromatic heterocycles. The predicted molar refractivity (Wildman–Crippen MR) is 87.9 cm³/mol. The average molecular weight is 284 g/mol. The maximum Gasteiger partial charge on any atom is 0.0742 e. The van der Waals surface area contributed by atoms with Crippen LogP contribution in [0.25, 0.3) is 0 Å². The maximum atomic E-state index is 9.38. The topological polar surface area (TPSA) is 40.5 Å². The van der Waals surface area contributed by atoms with E-state index in [0.29, 0.717) is 6.42 Å². The predicted octanol–water partition coefficient (Wildman–Crippen LogP) is 4.99. The average Bonchev–Trinajstić information content (AvgIpc) is 2.44. The summed E-state index contributed by atoms with van der Waals surface area (Å²) in [6.45, 7) is 2.33. The Labute approximate surface area is 126 Å². The summed E-state index contributed by atoms with van der Waals surface area (Å²) in [5.74, 6) is 0. The van der Waals surface area contributed by atoms with E-state index in [9.17, 15) is 5.11 Å². The zero-order valence-corrected chi connectivity index (χ0v) is 13.5. The van der Waals surface area contributed by atoms with Gasteiger partial charge in [0.25, 0.3) is 0 Å². The highest BCUT2D eigenvalue weighted by Gasteiger charge is 1.96. The van der Waals surface area contributed by atoms with Crippen molar-refractivity contribution in [3.8, 4) is 0 Å². The summed E-state index contributed by atoms with van der Waals surface area (Å²) in [6, 6.07) is 0. The number of hydrogen-bond acceptors (Lipinski definition) is 2. The molecule has 0 aromatic carbocycles. The molecule has 2 heteroatoms. The van der Waals surface area contributed by atoms with Crippen LogP contribution < -0.4 is 0 Å². The third-order valence-corrected chi connectivity index (χ3v) is 3.76. The summed E-state index contributed by atoms with van der Waals surface area (Å²) in [7, 11) is 0. The van der Waals surface area contributed by atoms with E-state index in [1.807, 2.05) is 12.2 Å². The first-order valence-corrected chi connectivity index (χ1v) is 8.76. The van der Waals surface area contributed by atoms with E-state index in [1.54, 1.807) is 0 Å². The van der Waals surface area contributed by atoms with Crippen LogP contribution in [0.5, 0.6) is 0 Å². The first-order valence-electron chi connectivity index (χ1n) is 8.76. The summed E-state index contributed by atoms with van der Waals surface area (Å²) >= 11 is 0. The summed E-state index contributed by atoms with van der Waals surface area (Å²) in [5.41, 5.74) is 0. The van der Waals surface area contributed by atoms with Crippen LogP contribution >= 0.6 is 0 Å². The van der Waals surface area contributed by atoms with E-state index in [1.165, 1.54) is 70.6 Å².